The third-order valence-corrected chi connectivity index (χ3v) is 4.74. The molecular weight excluding hydrogens is 348 g/mol. The summed E-state index contributed by atoms with van der Waals surface area (Å²) in [7, 11) is -4.07. The summed E-state index contributed by atoms with van der Waals surface area (Å²) in [5.74, 6) is -0.756. The molecule has 25 heavy (non-hydrogen) atoms. The number of carbonyl (C=O) groups is 1. The molecular formula is C16H16N2O6S. The van der Waals surface area contributed by atoms with Crippen LogP contribution in [-0.4, -0.2) is 25.9 Å². The molecule has 132 valence electrons. The van der Waals surface area contributed by atoms with E-state index in [1.54, 1.807) is 24.3 Å². The predicted molar refractivity (Wildman–Crippen MR) is 89.3 cm³/mol. The van der Waals surface area contributed by atoms with Crippen LogP contribution >= 0.6 is 0 Å². The van der Waals surface area contributed by atoms with Crippen molar-refractivity contribution < 1.29 is 22.9 Å². The summed E-state index contributed by atoms with van der Waals surface area (Å²) in [6.45, 7) is 0.956. The smallest absolute Gasteiger partial charge is 0.321 e. The highest BCUT2D eigenvalue weighted by molar-refractivity contribution is 7.89. The van der Waals surface area contributed by atoms with Crippen molar-refractivity contribution in [2.75, 3.05) is 6.54 Å². The van der Waals surface area contributed by atoms with Gasteiger partial charge in [0.25, 0.3) is 5.69 Å². The van der Waals surface area contributed by atoms with E-state index in [-0.39, 0.29) is 17.2 Å². The first-order chi connectivity index (χ1) is 11.8. The van der Waals surface area contributed by atoms with Crippen LogP contribution in [0, 0.1) is 17.0 Å². The van der Waals surface area contributed by atoms with Crippen molar-refractivity contribution >= 4 is 21.7 Å². The Kier molecular flexibility index (Phi) is 5.84. The zero-order chi connectivity index (χ0) is 18.4. The van der Waals surface area contributed by atoms with E-state index in [1.165, 1.54) is 19.1 Å². The number of nitrogens with zero attached hydrogens (tertiary/aromatic N) is 1. The molecule has 0 aromatic heterocycles. The van der Waals surface area contributed by atoms with Gasteiger partial charge in [0.2, 0.25) is 10.0 Å². The van der Waals surface area contributed by atoms with Gasteiger partial charge in [-0.1, -0.05) is 36.4 Å². The molecule has 0 bridgehead atoms. The average molecular weight is 364 g/mol. The normalized spacial score (nSPS) is 11.1. The van der Waals surface area contributed by atoms with Crippen LogP contribution in [0.15, 0.2) is 53.4 Å². The minimum atomic E-state index is -4.07. The van der Waals surface area contributed by atoms with Gasteiger partial charge in [-0.25, -0.2) is 8.42 Å². The van der Waals surface area contributed by atoms with Gasteiger partial charge in [-0.05, 0) is 18.6 Å². The molecule has 0 fully saturated rings. The number of nitrogens with one attached hydrogen (secondary N) is 1. The third-order valence-electron chi connectivity index (χ3n) is 3.34. The summed E-state index contributed by atoms with van der Waals surface area (Å²) < 4.78 is 31.3. The number of nitro benzene ring substituents is 1. The molecule has 2 aromatic rings. The number of aryl methyl sites for hydroxylation is 1. The van der Waals surface area contributed by atoms with Crippen molar-refractivity contribution in [1.29, 1.82) is 0 Å². The lowest BCUT2D eigenvalue weighted by atomic mass is 10.2. The number of hydrogen-bond acceptors (Lipinski definition) is 6. The van der Waals surface area contributed by atoms with Crippen molar-refractivity contribution in [2.24, 2.45) is 0 Å². The van der Waals surface area contributed by atoms with Crippen LogP contribution in [0.5, 0.6) is 0 Å². The van der Waals surface area contributed by atoms with Crippen LogP contribution in [0.25, 0.3) is 0 Å². The number of nitro groups is 1. The standard InChI is InChI=1S/C16H16N2O6S/c1-12-7-8-14(9-15(12)18(20)21)25(22,23)17-10-16(19)24-11-13-5-3-2-4-6-13/h2-9,17H,10-11H2,1H3. The zero-order valence-corrected chi connectivity index (χ0v) is 14.2. The highest BCUT2D eigenvalue weighted by Gasteiger charge is 2.20. The topological polar surface area (TPSA) is 116 Å². The lowest BCUT2D eigenvalue weighted by Crippen LogP contribution is -2.30. The van der Waals surface area contributed by atoms with E-state index >= 15 is 0 Å². The van der Waals surface area contributed by atoms with E-state index in [1.807, 2.05) is 6.07 Å². The van der Waals surface area contributed by atoms with E-state index in [2.05, 4.69) is 4.72 Å². The summed E-state index contributed by atoms with van der Waals surface area (Å²) in [5.41, 5.74) is 0.800. The number of carbonyl (C=O) groups excluding carboxylic acids is 1. The van der Waals surface area contributed by atoms with Crippen molar-refractivity contribution in [3.63, 3.8) is 0 Å². The van der Waals surface area contributed by atoms with Gasteiger partial charge in [-0.3, -0.25) is 14.9 Å². The van der Waals surface area contributed by atoms with Crippen LogP contribution in [0.3, 0.4) is 0 Å². The number of benzene rings is 2. The number of hydrogen-bond donors (Lipinski definition) is 1. The molecule has 0 atom stereocenters. The first-order valence-electron chi connectivity index (χ1n) is 7.24. The van der Waals surface area contributed by atoms with Crippen LogP contribution in [0.4, 0.5) is 5.69 Å². The Morgan fingerprint density at radius 2 is 1.88 bits per heavy atom. The first-order valence-corrected chi connectivity index (χ1v) is 8.72. The first kappa shape index (κ1) is 18.6. The molecule has 0 saturated heterocycles. The van der Waals surface area contributed by atoms with E-state index in [0.717, 1.165) is 11.6 Å². The Balaban J connectivity index is 1.98. The van der Waals surface area contributed by atoms with Gasteiger partial charge in [0.15, 0.2) is 0 Å². The second kappa shape index (κ2) is 7.86. The fourth-order valence-corrected chi connectivity index (χ4v) is 2.97. The van der Waals surface area contributed by atoms with Crippen LogP contribution in [0.1, 0.15) is 11.1 Å². The van der Waals surface area contributed by atoms with Gasteiger partial charge >= 0.3 is 5.97 Å². The largest absolute Gasteiger partial charge is 0.460 e. The molecule has 0 amide bonds. The Morgan fingerprint density at radius 3 is 2.52 bits per heavy atom. The van der Waals surface area contributed by atoms with Gasteiger partial charge in [0.1, 0.15) is 13.2 Å². The molecule has 1 N–H and O–H groups in total. The summed E-state index contributed by atoms with van der Waals surface area (Å²) in [6.07, 6.45) is 0. The highest BCUT2D eigenvalue weighted by Crippen LogP contribution is 2.21. The van der Waals surface area contributed by atoms with Crippen molar-refractivity contribution in [3.8, 4) is 0 Å². The molecule has 2 aromatic carbocycles. The summed E-state index contributed by atoms with van der Waals surface area (Å²) in [6, 6.07) is 12.5. The fraction of sp³-hybridized carbons (Fsp3) is 0.188. The van der Waals surface area contributed by atoms with Gasteiger partial charge in [-0.2, -0.15) is 4.72 Å². The molecule has 0 radical (unpaired) electrons. The van der Waals surface area contributed by atoms with Gasteiger partial charge < -0.3 is 4.74 Å². The Bertz CT molecular complexity index is 881. The molecule has 0 aliphatic rings. The van der Waals surface area contributed by atoms with E-state index in [0.29, 0.717) is 5.56 Å². The molecule has 0 heterocycles. The van der Waals surface area contributed by atoms with E-state index < -0.39 is 27.5 Å². The highest BCUT2D eigenvalue weighted by atomic mass is 32.2. The minimum Gasteiger partial charge on any atom is -0.460 e. The monoisotopic (exact) mass is 364 g/mol. The van der Waals surface area contributed by atoms with Crippen molar-refractivity contribution in [2.45, 2.75) is 18.4 Å². The van der Waals surface area contributed by atoms with Crippen molar-refractivity contribution in [1.82, 2.24) is 4.72 Å². The van der Waals surface area contributed by atoms with Crippen LogP contribution in [0.2, 0.25) is 0 Å². The summed E-state index contributed by atoms with van der Waals surface area (Å²) >= 11 is 0. The summed E-state index contributed by atoms with van der Waals surface area (Å²) in [4.78, 5) is 21.6. The Labute approximate surface area is 144 Å². The maximum absolute atomic E-state index is 12.2. The summed E-state index contributed by atoms with van der Waals surface area (Å²) in [5, 5.41) is 10.9. The fourth-order valence-electron chi connectivity index (χ4n) is 1.98. The number of esters is 1. The second-order valence-electron chi connectivity index (χ2n) is 5.18. The molecule has 2 rings (SSSR count). The quantitative estimate of drug-likeness (QED) is 0.456. The average Bonchev–Trinajstić information content (AvgIpc) is 2.59. The van der Waals surface area contributed by atoms with Crippen LogP contribution in [-0.2, 0) is 26.2 Å². The lowest BCUT2D eigenvalue weighted by Gasteiger charge is -2.08. The van der Waals surface area contributed by atoms with Gasteiger partial charge in [-0.15, -0.1) is 0 Å². The van der Waals surface area contributed by atoms with Gasteiger partial charge in [0, 0.05) is 11.6 Å². The number of sulfonamides is 1. The molecule has 8 nitrogen and oxygen atoms in total. The Morgan fingerprint density at radius 1 is 1.20 bits per heavy atom. The molecule has 0 aliphatic carbocycles. The molecule has 0 unspecified atom stereocenters. The van der Waals surface area contributed by atoms with Crippen LogP contribution < -0.4 is 4.72 Å². The molecule has 0 aliphatic heterocycles. The molecule has 9 heteroatoms. The molecule has 0 spiro atoms. The maximum atomic E-state index is 12.2. The van der Waals surface area contributed by atoms with E-state index in [9.17, 15) is 23.3 Å². The van der Waals surface area contributed by atoms with E-state index in [4.69, 9.17) is 4.74 Å². The maximum Gasteiger partial charge on any atom is 0.321 e. The lowest BCUT2D eigenvalue weighted by molar-refractivity contribution is -0.385. The predicted octanol–water partition coefficient (Wildman–Crippen LogP) is 1.92. The molecule has 0 saturated carbocycles. The Hall–Kier alpha value is -2.78. The van der Waals surface area contributed by atoms with Crippen molar-refractivity contribution in [3.05, 3.63) is 69.8 Å². The SMILES string of the molecule is Cc1ccc(S(=O)(=O)NCC(=O)OCc2ccccc2)cc1[N+](=O)[O-]. The number of rotatable bonds is 7. The minimum absolute atomic E-state index is 0.0252. The number of ether oxygens (including phenoxy) is 1. The zero-order valence-electron chi connectivity index (χ0n) is 13.3. The third kappa shape index (κ3) is 5.10. The second-order valence-corrected chi connectivity index (χ2v) is 6.94. The van der Waals surface area contributed by atoms with Gasteiger partial charge in [0.05, 0.1) is 9.82 Å².